The van der Waals surface area contributed by atoms with Crippen LogP contribution in [-0.2, 0) is 29.1 Å². The number of aldehydes is 2. The summed E-state index contributed by atoms with van der Waals surface area (Å²) in [6.45, 7) is -0.879. The van der Waals surface area contributed by atoms with Gasteiger partial charge in [-0.15, -0.1) is 0 Å². The van der Waals surface area contributed by atoms with Gasteiger partial charge in [0.1, 0.15) is 11.5 Å². The summed E-state index contributed by atoms with van der Waals surface area (Å²) in [5.74, 6) is -1.55. The molecule has 2 aromatic rings. The molecule has 0 amide bonds. The zero-order chi connectivity index (χ0) is 19.4. The van der Waals surface area contributed by atoms with Crippen molar-refractivity contribution in [2.45, 2.75) is 0 Å². The van der Waals surface area contributed by atoms with Crippen molar-refractivity contribution < 1.29 is 91.2 Å². The second-order valence-electron chi connectivity index (χ2n) is 4.68. The summed E-state index contributed by atoms with van der Waals surface area (Å²) < 4.78 is 9.72. The van der Waals surface area contributed by atoms with Crippen LogP contribution < -0.4 is 9.47 Å². The van der Waals surface area contributed by atoms with E-state index in [2.05, 4.69) is 0 Å². The first kappa shape index (κ1) is 47.5. The maximum Gasteiger partial charge on any atom is 0.341 e. The van der Waals surface area contributed by atoms with Crippen LogP contribution >= 0.6 is 0 Å². The van der Waals surface area contributed by atoms with Crippen LogP contribution in [0.25, 0.3) is 0 Å². The molecule has 0 fully saturated rings. The second-order valence-corrected chi connectivity index (χ2v) is 4.68. The summed E-state index contributed by atoms with van der Waals surface area (Å²) in [6.07, 6.45) is 1.24. The van der Waals surface area contributed by atoms with E-state index < -0.39 is 25.2 Å². The van der Waals surface area contributed by atoms with Gasteiger partial charge in [-0.05, 0) is 24.3 Å². The van der Waals surface area contributed by atoms with Crippen LogP contribution in [0.4, 0.5) is 0 Å². The molecule has 186 valence electrons. The molecule has 0 aromatic heterocycles. The Labute approximate surface area is 200 Å². The molecule has 0 spiro atoms. The Hall–Kier alpha value is -3.30. The van der Waals surface area contributed by atoms with Crippen molar-refractivity contribution in [3.63, 3.8) is 0 Å². The standard InChI is InChI=1S/2C9H8O4.6H2O.Zn/c2*10-5-7-3-1-2-4-8(7)13-6-9(11)12;;;;;;;/h2*1-5H,6H2,(H,11,12);6*1H2;. The van der Waals surface area contributed by atoms with Gasteiger partial charge in [0.2, 0.25) is 0 Å². The summed E-state index contributed by atoms with van der Waals surface area (Å²) in [5.41, 5.74) is 0.701. The Morgan fingerprint density at radius 1 is 0.636 bits per heavy atom. The smallest absolute Gasteiger partial charge is 0.341 e. The predicted molar refractivity (Wildman–Crippen MR) is 112 cm³/mol. The van der Waals surface area contributed by atoms with Crippen LogP contribution in [0.1, 0.15) is 20.7 Å². The minimum atomic E-state index is -1.07. The topological polar surface area (TPSA) is 316 Å². The summed E-state index contributed by atoms with van der Waals surface area (Å²) >= 11 is 0. The van der Waals surface area contributed by atoms with E-state index in [1.54, 1.807) is 48.5 Å². The van der Waals surface area contributed by atoms with Crippen molar-refractivity contribution in [1.29, 1.82) is 0 Å². The largest absolute Gasteiger partial charge is 0.481 e. The quantitative estimate of drug-likeness (QED) is 0.259. The van der Waals surface area contributed by atoms with Gasteiger partial charge in [0.05, 0.1) is 11.1 Å². The summed E-state index contributed by atoms with van der Waals surface area (Å²) in [7, 11) is 0. The Kier molecular flexibility index (Phi) is 38.5. The third-order valence-corrected chi connectivity index (χ3v) is 2.79. The van der Waals surface area contributed by atoms with E-state index in [0.717, 1.165) is 0 Å². The summed E-state index contributed by atoms with van der Waals surface area (Å²) in [6, 6.07) is 12.9. The number of carboxylic acid groups (broad SMARTS) is 2. The first-order valence-corrected chi connectivity index (χ1v) is 7.25. The van der Waals surface area contributed by atoms with Gasteiger partial charge in [0, 0.05) is 19.5 Å². The van der Waals surface area contributed by atoms with E-state index in [0.29, 0.717) is 35.2 Å². The molecule has 0 aliphatic rings. The molecule has 14 nitrogen and oxygen atoms in total. The molecule has 0 unspecified atom stereocenters. The Morgan fingerprint density at radius 3 is 1.15 bits per heavy atom. The number of hydrogen-bond acceptors (Lipinski definition) is 6. The van der Waals surface area contributed by atoms with Crippen LogP contribution in [0.15, 0.2) is 48.5 Å². The molecule has 0 bridgehead atoms. The maximum absolute atomic E-state index is 10.4. The van der Waals surface area contributed by atoms with Crippen LogP contribution in [-0.4, -0.2) is 80.8 Å². The Bertz CT molecular complexity index is 719. The van der Waals surface area contributed by atoms with Gasteiger partial charge in [-0.25, -0.2) is 9.59 Å². The number of carboxylic acids is 2. The van der Waals surface area contributed by atoms with Crippen molar-refractivity contribution >= 4 is 24.5 Å². The average Bonchev–Trinajstić information content (AvgIpc) is 2.65. The molecule has 33 heavy (non-hydrogen) atoms. The van der Waals surface area contributed by atoms with Crippen molar-refractivity contribution in [3.8, 4) is 11.5 Å². The van der Waals surface area contributed by atoms with E-state index in [1.165, 1.54) is 0 Å². The van der Waals surface area contributed by atoms with Gasteiger partial charge in [-0.3, -0.25) is 9.59 Å². The molecule has 0 aliphatic carbocycles. The van der Waals surface area contributed by atoms with Crippen molar-refractivity contribution in [2.75, 3.05) is 13.2 Å². The molecular formula is C18H28O14Zn. The average molecular weight is 534 g/mol. The summed E-state index contributed by atoms with van der Waals surface area (Å²) in [4.78, 5) is 41.2. The predicted octanol–water partition coefficient (Wildman–Crippen LogP) is -3.03. The van der Waals surface area contributed by atoms with Gasteiger partial charge in [-0.1, -0.05) is 24.3 Å². The molecule has 15 heteroatoms. The molecule has 2 rings (SSSR count). The van der Waals surface area contributed by atoms with Gasteiger partial charge in [-0.2, -0.15) is 0 Å². The number of para-hydroxylation sites is 2. The first-order valence-electron chi connectivity index (χ1n) is 7.25. The summed E-state index contributed by atoms with van der Waals surface area (Å²) in [5, 5.41) is 16.7. The van der Waals surface area contributed by atoms with Gasteiger partial charge in [0.15, 0.2) is 25.8 Å². The molecule has 14 N–H and O–H groups in total. The fraction of sp³-hybridized carbons (Fsp3) is 0.111. The number of hydrogen-bond donors (Lipinski definition) is 2. The van der Waals surface area contributed by atoms with Gasteiger partial charge < -0.3 is 52.5 Å². The Balaban J connectivity index is -0.0000000676. The van der Waals surface area contributed by atoms with Crippen LogP contribution in [0.5, 0.6) is 11.5 Å². The number of benzene rings is 2. The molecular weight excluding hydrogens is 506 g/mol. The van der Waals surface area contributed by atoms with E-state index in [1.807, 2.05) is 0 Å². The molecule has 0 saturated heterocycles. The molecule has 2 aromatic carbocycles. The Morgan fingerprint density at radius 2 is 0.909 bits per heavy atom. The zero-order valence-electron chi connectivity index (χ0n) is 17.2. The second kappa shape index (κ2) is 26.7. The molecule has 0 aliphatic heterocycles. The number of aliphatic carboxylic acids is 2. The number of carbonyl (C=O) groups excluding carboxylic acids is 2. The monoisotopic (exact) mass is 532 g/mol. The SMILES string of the molecule is O.O.O.O.O.O.O=Cc1ccccc1OCC(=O)O.O=Cc1ccccc1OCC(=O)O.[Zn]. The minimum Gasteiger partial charge on any atom is -0.481 e. The number of carbonyl (C=O) groups is 4. The van der Waals surface area contributed by atoms with Crippen LogP contribution in [0, 0.1) is 0 Å². The number of rotatable bonds is 8. The van der Waals surface area contributed by atoms with E-state index in [4.69, 9.17) is 19.7 Å². The van der Waals surface area contributed by atoms with Crippen LogP contribution in [0.2, 0.25) is 0 Å². The van der Waals surface area contributed by atoms with Crippen molar-refractivity contribution in [2.24, 2.45) is 0 Å². The third kappa shape index (κ3) is 19.1. The van der Waals surface area contributed by atoms with E-state index in [9.17, 15) is 19.2 Å². The zero-order valence-corrected chi connectivity index (χ0v) is 20.2. The number of ether oxygens (including phenoxy) is 2. The molecule has 0 radical (unpaired) electrons. The normalized spacial score (nSPS) is 7.27. The van der Waals surface area contributed by atoms with E-state index in [-0.39, 0.29) is 52.3 Å². The van der Waals surface area contributed by atoms with E-state index >= 15 is 0 Å². The third-order valence-electron chi connectivity index (χ3n) is 2.79. The molecule has 0 saturated carbocycles. The van der Waals surface area contributed by atoms with Crippen LogP contribution in [0.3, 0.4) is 0 Å². The molecule has 0 atom stereocenters. The van der Waals surface area contributed by atoms with Gasteiger partial charge >= 0.3 is 11.9 Å². The maximum atomic E-state index is 10.4. The fourth-order valence-corrected chi connectivity index (χ4v) is 1.70. The van der Waals surface area contributed by atoms with Crippen molar-refractivity contribution in [3.05, 3.63) is 59.7 Å². The first-order chi connectivity index (χ1) is 12.5. The van der Waals surface area contributed by atoms with Crippen molar-refractivity contribution in [1.82, 2.24) is 0 Å². The molecule has 0 heterocycles. The fourth-order valence-electron chi connectivity index (χ4n) is 1.70. The van der Waals surface area contributed by atoms with Gasteiger partial charge in [0.25, 0.3) is 0 Å². The minimum absolute atomic E-state index is 0.